The first-order chi connectivity index (χ1) is 10.9. The van der Waals surface area contributed by atoms with E-state index in [2.05, 4.69) is 56.1 Å². The lowest BCUT2D eigenvalue weighted by molar-refractivity contribution is 0.198. The van der Waals surface area contributed by atoms with Gasteiger partial charge in [-0.3, -0.25) is 0 Å². The third-order valence-electron chi connectivity index (χ3n) is 4.82. The molecule has 0 bridgehead atoms. The van der Waals surface area contributed by atoms with Crippen molar-refractivity contribution in [2.24, 2.45) is 5.92 Å². The number of piperazine rings is 1. The third-order valence-corrected chi connectivity index (χ3v) is 4.82. The molecule has 126 valence electrons. The van der Waals surface area contributed by atoms with Gasteiger partial charge in [-0.25, -0.2) is 4.79 Å². The van der Waals surface area contributed by atoms with Gasteiger partial charge in [0.15, 0.2) is 0 Å². The van der Waals surface area contributed by atoms with Crippen LogP contribution in [-0.2, 0) is 0 Å². The molecule has 1 aliphatic heterocycles. The van der Waals surface area contributed by atoms with Crippen LogP contribution < -0.4 is 10.2 Å². The Morgan fingerprint density at radius 3 is 2.43 bits per heavy atom. The maximum Gasteiger partial charge on any atom is 0.321 e. The van der Waals surface area contributed by atoms with Gasteiger partial charge in [0.1, 0.15) is 0 Å². The van der Waals surface area contributed by atoms with Gasteiger partial charge in [0.05, 0.1) is 0 Å². The molecule has 1 aliphatic rings. The molecule has 0 spiro atoms. The second-order valence-corrected chi connectivity index (χ2v) is 6.69. The van der Waals surface area contributed by atoms with E-state index in [4.69, 9.17) is 0 Å². The molecular weight excluding hydrogens is 286 g/mol. The molecule has 0 atom stereocenters. The topological polar surface area (TPSA) is 35.6 Å². The lowest BCUT2D eigenvalue weighted by atomic mass is 10.1. The largest absolute Gasteiger partial charge is 0.368 e. The first kappa shape index (κ1) is 17.4. The van der Waals surface area contributed by atoms with E-state index >= 15 is 0 Å². The molecule has 4 heteroatoms. The number of carbonyl (C=O) groups excluding carboxylic acids is 1. The highest BCUT2D eigenvalue weighted by Gasteiger charge is 2.21. The van der Waals surface area contributed by atoms with E-state index in [-0.39, 0.29) is 6.03 Å². The zero-order chi connectivity index (χ0) is 17.0. The minimum absolute atomic E-state index is 0.00520. The monoisotopic (exact) mass is 315 g/mol. The van der Waals surface area contributed by atoms with E-state index in [1.807, 2.05) is 18.0 Å². The molecule has 0 aromatic heterocycles. The molecule has 0 radical (unpaired) electrons. The summed E-state index contributed by atoms with van der Waals surface area (Å²) in [7, 11) is 0. The van der Waals surface area contributed by atoms with Crippen LogP contribution in [-0.4, -0.2) is 37.1 Å². The van der Waals surface area contributed by atoms with Crippen molar-refractivity contribution in [2.45, 2.75) is 34.6 Å². The van der Waals surface area contributed by atoms with Crippen molar-refractivity contribution in [3.63, 3.8) is 0 Å². The first-order valence-electron chi connectivity index (χ1n) is 8.43. The molecule has 23 heavy (non-hydrogen) atoms. The Bertz CT molecular complexity index is 584. The Hall–Kier alpha value is -1.97. The average molecular weight is 315 g/mol. The molecule has 1 aromatic rings. The highest BCUT2D eigenvalue weighted by molar-refractivity contribution is 5.75. The summed E-state index contributed by atoms with van der Waals surface area (Å²) >= 11 is 0. The van der Waals surface area contributed by atoms with Gasteiger partial charge in [0.2, 0.25) is 0 Å². The number of nitrogens with one attached hydrogen (secondary N) is 1. The van der Waals surface area contributed by atoms with Crippen LogP contribution >= 0.6 is 0 Å². The average Bonchev–Trinajstić information content (AvgIpc) is 2.55. The van der Waals surface area contributed by atoms with Crippen LogP contribution in [0.15, 0.2) is 30.0 Å². The quantitative estimate of drug-likeness (QED) is 0.923. The predicted molar refractivity (Wildman–Crippen MR) is 96.8 cm³/mol. The van der Waals surface area contributed by atoms with Gasteiger partial charge >= 0.3 is 6.03 Å². The van der Waals surface area contributed by atoms with Crippen molar-refractivity contribution in [2.75, 3.05) is 31.1 Å². The smallest absolute Gasteiger partial charge is 0.321 e. The van der Waals surface area contributed by atoms with Crippen LogP contribution in [0.4, 0.5) is 10.5 Å². The Morgan fingerprint density at radius 2 is 1.83 bits per heavy atom. The first-order valence-corrected chi connectivity index (χ1v) is 8.43. The maximum atomic E-state index is 12.2. The number of allylic oxidation sites excluding steroid dienone is 1. The summed E-state index contributed by atoms with van der Waals surface area (Å²) in [6.45, 7) is 13.9. The van der Waals surface area contributed by atoms with Crippen LogP contribution in [0.2, 0.25) is 0 Å². The van der Waals surface area contributed by atoms with Gasteiger partial charge in [0.25, 0.3) is 0 Å². The van der Waals surface area contributed by atoms with Crippen molar-refractivity contribution in [1.82, 2.24) is 10.2 Å². The molecule has 0 aliphatic carbocycles. The van der Waals surface area contributed by atoms with Gasteiger partial charge in [-0.1, -0.05) is 31.6 Å². The van der Waals surface area contributed by atoms with E-state index in [0.29, 0.717) is 5.92 Å². The van der Waals surface area contributed by atoms with Crippen molar-refractivity contribution in [1.29, 1.82) is 0 Å². The second-order valence-electron chi connectivity index (χ2n) is 6.69. The zero-order valence-electron chi connectivity index (χ0n) is 15.0. The molecule has 1 N–H and O–H groups in total. The van der Waals surface area contributed by atoms with E-state index in [1.54, 1.807) is 0 Å². The molecule has 0 unspecified atom stereocenters. The minimum Gasteiger partial charge on any atom is -0.368 e. The van der Waals surface area contributed by atoms with Crippen LogP contribution in [0.3, 0.4) is 0 Å². The summed E-state index contributed by atoms with van der Waals surface area (Å²) in [6, 6.07) is 6.43. The summed E-state index contributed by atoms with van der Waals surface area (Å²) < 4.78 is 0. The number of urea groups is 1. The summed E-state index contributed by atoms with van der Waals surface area (Å²) in [5.74, 6) is 0.455. The lowest BCUT2D eigenvalue weighted by Gasteiger charge is -2.36. The summed E-state index contributed by atoms with van der Waals surface area (Å²) in [5.41, 5.74) is 5.13. The summed E-state index contributed by atoms with van der Waals surface area (Å²) in [5, 5.41) is 2.92. The molecule has 0 saturated carbocycles. The van der Waals surface area contributed by atoms with Crippen molar-refractivity contribution < 1.29 is 4.79 Å². The summed E-state index contributed by atoms with van der Waals surface area (Å²) in [4.78, 5) is 16.5. The predicted octanol–water partition coefficient (Wildman–Crippen LogP) is 3.69. The Kier molecular flexibility index (Phi) is 5.69. The van der Waals surface area contributed by atoms with E-state index < -0.39 is 0 Å². The number of rotatable bonds is 3. The molecule has 2 amide bonds. The van der Waals surface area contributed by atoms with Crippen LogP contribution in [0.1, 0.15) is 31.9 Å². The number of aryl methyl sites for hydroxylation is 1. The van der Waals surface area contributed by atoms with Crippen LogP contribution in [0.5, 0.6) is 0 Å². The normalized spacial score (nSPS) is 16.0. The molecule has 2 rings (SSSR count). The fraction of sp³-hybridized carbons (Fsp3) is 0.526. The molecular formula is C19H29N3O. The number of amides is 2. The van der Waals surface area contributed by atoms with Gasteiger partial charge < -0.3 is 15.1 Å². The highest BCUT2D eigenvalue weighted by atomic mass is 16.2. The van der Waals surface area contributed by atoms with E-state index in [1.165, 1.54) is 22.4 Å². The van der Waals surface area contributed by atoms with Crippen molar-refractivity contribution in [3.05, 3.63) is 41.1 Å². The lowest BCUT2D eigenvalue weighted by Crippen LogP contribution is -2.51. The number of anilines is 1. The molecule has 1 aromatic carbocycles. The zero-order valence-corrected chi connectivity index (χ0v) is 15.0. The number of carbonyl (C=O) groups is 1. The molecule has 4 nitrogen and oxygen atoms in total. The Balaban J connectivity index is 1.92. The van der Waals surface area contributed by atoms with Gasteiger partial charge in [-0.15, -0.1) is 0 Å². The standard InChI is InChI=1S/C19H29N3O/c1-14(2)16(4)13-20-19(23)22-11-9-21(10-12-22)18-8-6-7-15(3)17(18)5/h6-8,13-14H,9-12H2,1-5H3,(H,20,23)/b16-13+. The van der Waals surface area contributed by atoms with Crippen LogP contribution in [0, 0.1) is 19.8 Å². The van der Waals surface area contributed by atoms with Gasteiger partial charge in [-0.05, 0) is 43.9 Å². The van der Waals surface area contributed by atoms with Crippen molar-refractivity contribution >= 4 is 11.7 Å². The fourth-order valence-corrected chi connectivity index (χ4v) is 2.66. The van der Waals surface area contributed by atoms with E-state index in [0.717, 1.165) is 26.2 Å². The number of benzene rings is 1. The van der Waals surface area contributed by atoms with Gasteiger partial charge in [-0.2, -0.15) is 0 Å². The molecule has 1 heterocycles. The Morgan fingerprint density at radius 1 is 1.17 bits per heavy atom. The maximum absolute atomic E-state index is 12.2. The third kappa shape index (κ3) is 4.27. The number of hydrogen-bond acceptors (Lipinski definition) is 2. The van der Waals surface area contributed by atoms with Gasteiger partial charge in [0, 0.05) is 38.1 Å². The highest BCUT2D eigenvalue weighted by Crippen LogP contribution is 2.23. The SMILES string of the molecule is C/C(=C\NC(=O)N1CCN(c2cccc(C)c2C)CC1)C(C)C. The van der Waals surface area contributed by atoms with E-state index in [9.17, 15) is 4.79 Å². The second kappa shape index (κ2) is 7.53. The van der Waals surface area contributed by atoms with Crippen LogP contribution in [0.25, 0.3) is 0 Å². The fourth-order valence-electron chi connectivity index (χ4n) is 2.66. The number of nitrogens with zero attached hydrogens (tertiary/aromatic N) is 2. The summed E-state index contributed by atoms with van der Waals surface area (Å²) in [6.07, 6.45) is 1.84. The number of hydrogen-bond donors (Lipinski definition) is 1. The molecule has 1 fully saturated rings. The van der Waals surface area contributed by atoms with Crippen molar-refractivity contribution in [3.8, 4) is 0 Å². The Labute approximate surface area is 140 Å². The molecule has 1 saturated heterocycles. The minimum atomic E-state index is 0.00520.